The second kappa shape index (κ2) is 9.56. The number of hydrogen-bond acceptors (Lipinski definition) is 5. The molecule has 5 heteroatoms. The average molecular weight is 378 g/mol. The first-order valence-corrected chi connectivity index (χ1v) is 10.1. The Bertz CT molecular complexity index is 623. The highest BCUT2D eigenvalue weighted by Gasteiger charge is 2.41. The summed E-state index contributed by atoms with van der Waals surface area (Å²) < 4.78 is 16.5. The van der Waals surface area contributed by atoms with Crippen molar-refractivity contribution in [2.45, 2.75) is 72.1 Å². The molecule has 1 aliphatic rings. The van der Waals surface area contributed by atoms with Gasteiger partial charge < -0.3 is 19.1 Å². The maximum Gasteiger partial charge on any atom is 0.310 e. The molecule has 1 aliphatic heterocycles. The molecule has 1 unspecified atom stereocenters. The Morgan fingerprint density at radius 3 is 2.41 bits per heavy atom. The van der Waals surface area contributed by atoms with Gasteiger partial charge in [-0.2, -0.15) is 0 Å². The molecule has 0 amide bonds. The zero-order chi connectivity index (χ0) is 20.0. The van der Waals surface area contributed by atoms with Gasteiger partial charge in [0.2, 0.25) is 0 Å². The second-order valence-corrected chi connectivity index (χ2v) is 7.55. The molecule has 0 aromatic heterocycles. The fourth-order valence-corrected chi connectivity index (χ4v) is 3.81. The van der Waals surface area contributed by atoms with E-state index in [-0.39, 0.29) is 17.7 Å². The van der Waals surface area contributed by atoms with Gasteiger partial charge in [-0.05, 0) is 44.9 Å². The topological polar surface area (TPSA) is 48.0 Å². The van der Waals surface area contributed by atoms with Crippen LogP contribution >= 0.6 is 0 Å². The maximum absolute atomic E-state index is 11.8. The van der Waals surface area contributed by atoms with Gasteiger partial charge in [0.1, 0.15) is 0 Å². The summed E-state index contributed by atoms with van der Waals surface area (Å²) in [4.78, 5) is 14.3. The molecule has 0 fully saturated rings. The lowest BCUT2D eigenvalue weighted by Crippen LogP contribution is -2.40. The third-order valence-electron chi connectivity index (χ3n) is 5.54. The van der Waals surface area contributed by atoms with Crippen molar-refractivity contribution in [2.24, 2.45) is 0 Å². The number of hydrogen-bond donors (Lipinski definition) is 0. The molecule has 0 radical (unpaired) electrons. The highest BCUT2D eigenvalue weighted by molar-refractivity contribution is 5.74. The Kier molecular flexibility index (Phi) is 7.68. The summed E-state index contributed by atoms with van der Waals surface area (Å²) in [6.45, 7) is 15.2. The first-order chi connectivity index (χ1) is 12.8. The lowest BCUT2D eigenvalue weighted by atomic mass is 9.80. The van der Waals surface area contributed by atoms with E-state index >= 15 is 0 Å². The molecule has 1 aromatic carbocycles. The number of carbonyl (C=O) groups is 1. The Hall–Kier alpha value is -1.59. The minimum atomic E-state index is -0.172. The van der Waals surface area contributed by atoms with Gasteiger partial charge in [0.15, 0.2) is 6.29 Å². The van der Waals surface area contributed by atoms with Crippen LogP contribution in [0.15, 0.2) is 18.2 Å². The van der Waals surface area contributed by atoms with E-state index in [0.717, 1.165) is 18.5 Å². The van der Waals surface area contributed by atoms with Crippen molar-refractivity contribution < 1.29 is 19.0 Å². The average Bonchev–Trinajstić information content (AvgIpc) is 2.80. The predicted molar refractivity (Wildman–Crippen MR) is 108 cm³/mol. The van der Waals surface area contributed by atoms with E-state index in [1.165, 1.54) is 11.3 Å². The summed E-state index contributed by atoms with van der Waals surface area (Å²) in [6, 6.07) is 6.71. The Labute approximate surface area is 164 Å². The molecule has 152 valence electrons. The third-order valence-corrected chi connectivity index (χ3v) is 5.54. The molecule has 27 heavy (non-hydrogen) atoms. The highest BCUT2D eigenvalue weighted by atomic mass is 16.7. The van der Waals surface area contributed by atoms with Crippen molar-refractivity contribution in [1.29, 1.82) is 0 Å². The van der Waals surface area contributed by atoms with Crippen LogP contribution in [0.3, 0.4) is 0 Å². The molecule has 1 aromatic rings. The zero-order valence-electron chi connectivity index (χ0n) is 17.7. The fraction of sp³-hybridized carbons (Fsp3) is 0.682. The SMILES string of the molecule is CCOC(=O)Cc1ccc2c(c1)C(C)(C)C(C)N2CCC(OCC)OCC. The van der Waals surface area contributed by atoms with Crippen molar-refractivity contribution in [3.05, 3.63) is 29.3 Å². The molecule has 1 atom stereocenters. The van der Waals surface area contributed by atoms with Crippen LogP contribution in [0.25, 0.3) is 0 Å². The van der Waals surface area contributed by atoms with E-state index in [9.17, 15) is 4.79 Å². The molecule has 0 N–H and O–H groups in total. The van der Waals surface area contributed by atoms with E-state index < -0.39 is 0 Å². The number of esters is 1. The molecule has 0 bridgehead atoms. The predicted octanol–water partition coefficient (Wildman–Crippen LogP) is 4.07. The second-order valence-electron chi connectivity index (χ2n) is 7.55. The quantitative estimate of drug-likeness (QED) is 0.454. The number of ether oxygens (including phenoxy) is 3. The van der Waals surface area contributed by atoms with E-state index in [1.54, 1.807) is 0 Å². The number of anilines is 1. The molecular formula is C22H35NO4. The number of benzene rings is 1. The number of carbonyl (C=O) groups excluding carboxylic acids is 1. The Balaban J connectivity index is 2.17. The van der Waals surface area contributed by atoms with Crippen LogP contribution < -0.4 is 4.90 Å². The highest BCUT2D eigenvalue weighted by Crippen LogP contribution is 2.45. The summed E-state index contributed by atoms with van der Waals surface area (Å²) in [5.41, 5.74) is 3.55. The lowest BCUT2D eigenvalue weighted by Gasteiger charge is -2.32. The van der Waals surface area contributed by atoms with Gasteiger partial charge in [-0.3, -0.25) is 4.79 Å². The van der Waals surface area contributed by atoms with Crippen molar-refractivity contribution in [3.63, 3.8) is 0 Å². The summed E-state index contributed by atoms with van der Waals surface area (Å²) in [5, 5.41) is 0. The first-order valence-electron chi connectivity index (χ1n) is 10.1. The number of rotatable bonds is 10. The van der Waals surface area contributed by atoms with Crippen LogP contribution in [0.5, 0.6) is 0 Å². The van der Waals surface area contributed by atoms with Gasteiger partial charge in [-0.15, -0.1) is 0 Å². The third kappa shape index (κ3) is 5.02. The lowest BCUT2D eigenvalue weighted by molar-refractivity contribution is -0.142. The molecule has 0 saturated carbocycles. The normalized spacial score (nSPS) is 18.0. The van der Waals surface area contributed by atoms with Crippen molar-refractivity contribution >= 4 is 11.7 Å². The van der Waals surface area contributed by atoms with Crippen molar-refractivity contribution in [3.8, 4) is 0 Å². The van der Waals surface area contributed by atoms with Gasteiger partial charge in [-0.25, -0.2) is 0 Å². The molecule has 2 rings (SSSR count). The minimum absolute atomic E-state index is 0.00667. The molecular weight excluding hydrogens is 342 g/mol. The van der Waals surface area contributed by atoms with Crippen LogP contribution in [0.4, 0.5) is 5.69 Å². The van der Waals surface area contributed by atoms with Crippen LogP contribution in [0, 0.1) is 0 Å². The summed E-state index contributed by atoms with van der Waals surface area (Å²) in [7, 11) is 0. The van der Waals surface area contributed by atoms with Crippen LogP contribution in [-0.2, 0) is 30.8 Å². The van der Waals surface area contributed by atoms with Gasteiger partial charge in [0.05, 0.1) is 13.0 Å². The van der Waals surface area contributed by atoms with Crippen LogP contribution in [0.2, 0.25) is 0 Å². The largest absolute Gasteiger partial charge is 0.466 e. The molecule has 1 heterocycles. The van der Waals surface area contributed by atoms with Gasteiger partial charge in [0.25, 0.3) is 0 Å². The molecule has 0 saturated heterocycles. The summed E-state index contributed by atoms with van der Waals surface area (Å²) in [5.74, 6) is -0.172. The van der Waals surface area contributed by atoms with Crippen LogP contribution in [0.1, 0.15) is 59.1 Å². The molecule has 5 nitrogen and oxygen atoms in total. The zero-order valence-corrected chi connectivity index (χ0v) is 17.7. The van der Waals surface area contributed by atoms with Crippen molar-refractivity contribution in [1.82, 2.24) is 0 Å². The van der Waals surface area contributed by atoms with Crippen LogP contribution in [-0.4, -0.2) is 44.7 Å². The van der Waals surface area contributed by atoms with E-state index in [1.807, 2.05) is 26.8 Å². The van der Waals surface area contributed by atoms with E-state index in [2.05, 4.69) is 37.8 Å². The smallest absolute Gasteiger partial charge is 0.310 e. The Morgan fingerprint density at radius 1 is 1.15 bits per heavy atom. The van der Waals surface area contributed by atoms with Gasteiger partial charge >= 0.3 is 5.97 Å². The van der Waals surface area contributed by atoms with E-state index in [4.69, 9.17) is 14.2 Å². The number of nitrogens with zero attached hydrogens (tertiary/aromatic N) is 1. The monoisotopic (exact) mass is 377 g/mol. The molecule has 0 aliphatic carbocycles. The maximum atomic E-state index is 11.8. The molecule has 0 spiro atoms. The summed E-state index contributed by atoms with van der Waals surface area (Å²) >= 11 is 0. The van der Waals surface area contributed by atoms with Gasteiger partial charge in [-0.1, -0.05) is 26.0 Å². The van der Waals surface area contributed by atoms with Crippen molar-refractivity contribution in [2.75, 3.05) is 31.3 Å². The summed E-state index contributed by atoms with van der Waals surface area (Å²) in [6.07, 6.45) is 0.983. The number of fused-ring (bicyclic) bond motifs is 1. The standard InChI is InChI=1S/C22H35NO4/c1-7-25-20(24)15-17-10-11-19-18(14-17)22(5,6)16(4)23(19)13-12-21(26-8-2)27-9-3/h10-11,14,16,21H,7-9,12-13,15H2,1-6H3. The first kappa shape index (κ1) is 21.7. The van der Waals surface area contributed by atoms with Gasteiger partial charge in [0, 0.05) is 43.3 Å². The Morgan fingerprint density at radius 2 is 1.81 bits per heavy atom. The fourth-order valence-electron chi connectivity index (χ4n) is 3.81. The van der Waals surface area contributed by atoms with E-state index in [0.29, 0.717) is 32.3 Å². The minimum Gasteiger partial charge on any atom is -0.466 e.